The van der Waals surface area contributed by atoms with Crippen LogP contribution in [-0.4, -0.2) is 71.8 Å². The fraction of sp³-hybridized carbons (Fsp3) is 1.00. The maximum absolute atomic E-state index is 5.71. The topological polar surface area (TPSA) is 55.4 Å². The van der Waals surface area contributed by atoms with Crippen LogP contribution in [0, 0.1) is 0 Å². The van der Waals surface area contributed by atoms with Gasteiger partial charge in [0.25, 0.3) is 0 Å². The Hall–Kier alpha value is 0.544. The molecule has 0 aliphatic carbocycles. The zero-order chi connectivity index (χ0) is 20.8. The molecule has 0 amide bonds. The van der Waals surface area contributed by atoms with E-state index >= 15 is 0 Å². The molecular formula is C18H42O6SSi2. The van der Waals surface area contributed by atoms with Gasteiger partial charge in [-0.2, -0.15) is 11.8 Å². The van der Waals surface area contributed by atoms with Crippen LogP contribution in [0.2, 0.25) is 11.1 Å². The predicted octanol–water partition coefficient (Wildman–Crippen LogP) is 4.60. The molecule has 0 heterocycles. The Balaban J connectivity index is 4.66. The largest absolute Gasteiger partial charge is 0.503 e. The van der Waals surface area contributed by atoms with Crippen molar-refractivity contribution in [2.75, 3.05) is 54.2 Å². The zero-order valence-corrected chi connectivity index (χ0v) is 21.5. The maximum Gasteiger partial charge on any atom is 0.503 e. The first-order chi connectivity index (χ1) is 13.0. The molecule has 0 spiro atoms. The average Bonchev–Trinajstić information content (AvgIpc) is 2.70. The smallest absolute Gasteiger partial charge is 0.377 e. The fourth-order valence-electron chi connectivity index (χ4n) is 3.75. The van der Waals surface area contributed by atoms with Gasteiger partial charge in [0.05, 0.1) is 0 Å². The molecule has 0 N–H and O–H groups in total. The van der Waals surface area contributed by atoms with Gasteiger partial charge in [-0.25, -0.2) is 0 Å². The van der Waals surface area contributed by atoms with E-state index < -0.39 is 17.6 Å². The van der Waals surface area contributed by atoms with E-state index in [1.807, 2.05) is 11.8 Å². The van der Waals surface area contributed by atoms with E-state index in [1.54, 1.807) is 42.7 Å². The van der Waals surface area contributed by atoms with Gasteiger partial charge >= 0.3 is 17.6 Å². The quantitative estimate of drug-likeness (QED) is 0.227. The summed E-state index contributed by atoms with van der Waals surface area (Å²) >= 11 is 1.97. The first-order valence-electron chi connectivity index (χ1n) is 9.88. The highest BCUT2D eigenvalue weighted by Gasteiger charge is 2.47. The van der Waals surface area contributed by atoms with Crippen LogP contribution in [0.4, 0.5) is 0 Å². The summed E-state index contributed by atoms with van der Waals surface area (Å²) < 4.78 is 34.2. The number of rotatable bonds is 18. The molecule has 0 rings (SSSR count). The van der Waals surface area contributed by atoms with E-state index in [4.69, 9.17) is 26.6 Å². The van der Waals surface area contributed by atoms with Crippen molar-refractivity contribution < 1.29 is 26.6 Å². The van der Waals surface area contributed by atoms with Crippen LogP contribution in [0.5, 0.6) is 0 Å². The molecule has 27 heavy (non-hydrogen) atoms. The van der Waals surface area contributed by atoms with Crippen LogP contribution in [0.15, 0.2) is 0 Å². The molecule has 0 radical (unpaired) electrons. The molecule has 0 aliphatic rings. The van der Waals surface area contributed by atoms with Crippen LogP contribution < -0.4 is 0 Å². The molecule has 0 aromatic rings. The van der Waals surface area contributed by atoms with Gasteiger partial charge in [0.2, 0.25) is 0 Å². The lowest BCUT2D eigenvalue weighted by Crippen LogP contribution is -2.48. The van der Waals surface area contributed by atoms with E-state index in [1.165, 1.54) is 0 Å². The van der Waals surface area contributed by atoms with Crippen molar-refractivity contribution in [2.45, 2.75) is 63.5 Å². The number of hydrogen-bond acceptors (Lipinski definition) is 7. The highest BCUT2D eigenvalue weighted by molar-refractivity contribution is 7.99. The van der Waals surface area contributed by atoms with Crippen molar-refractivity contribution in [2.24, 2.45) is 0 Å². The standard InChI is InChI=1S/C18H42O6SSi2/c1-9-11-17(26(19-3,20-4)21-5)13-15-25-16-14-18(12-10-2)27(22-6,23-7)24-8/h17-18H,9-16H2,1-8H3. The van der Waals surface area contributed by atoms with Crippen molar-refractivity contribution in [3.05, 3.63) is 0 Å². The van der Waals surface area contributed by atoms with Gasteiger partial charge < -0.3 is 26.6 Å². The lowest BCUT2D eigenvalue weighted by atomic mass is 10.2. The summed E-state index contributed by atoms with van der Waals surface area (Å²) in [6, 6.07) is 0. The van der Waals surface area contributed by atoms with E-state index in [0.717, 1.165) is 50.0 Å². The molecule has 0 saturated carbocycles. The second-order valence-corrected chi connectivity index (χ2v) is 14.3. The maximum atomic E-state index is 5.71. The molecule has 0 aromatic heterocycles. The summed E-state index contributed by atoms with van der Waals surface area (Å²) in [5, 5.41) is 0. The summed E-state index contributed by atoms with van der Waals surface area (Å²) in [6.07, 6.45) is 6.41. The van der Waals surface area contributed by atoms with Crippen molar-refractivity contribution in [3.63, 3.8) is 0 Å². The van der Waals surface area contributed by atoms with Gasteiger partial charge in [0.15, 0.2) is 0 Å². The Bertz CT molecular complexity index is 308. The van der Waals surface area contributed by atoms with Crippen LogP contribution in [-0.2, 0) is 26.6 Å². The van der Waals surface area contributed by atoms with Gasteiger partial charge in [-0.15, -0.1) is 0 Å². The molecule has 0 fully saturated rings. The monoisotopic (exact) mass is 442 g/mol. The third-order valence-corrected chi connectivity index (χ3v) is 12.8. The highest BCUT2D eigenvalue weighted by Crippen LogP contribution is 2.35. The van der Waals surface area contributed by atoms with Gasteiger partial charge in [-0.3, -0.25) is 0 Å². The summed E-state index contributed by atoms with van der Waals surface area (Å²) in [6.45, 7) is 4.39. The lowest BCUT2D eigenvalue weighted by molar-refractivity contribution is 0.108. The molecule has 6 nitrogen and oxygen atoms in total. The predicted molar refractivity (Wildman–Crippen MR) is 117 cm³/mol. The SMILES string of the molecule is CCCC(CCSCCC(CCC)[Si](OC)(OC)OC)[Si](OC)(OC)OC. The second kappa shape index (κ2) is 15.4. The lowest BCUT2D eigenvalue weighted by Gasteiger charge is -2.33. The molecule has 2 unspecified atom stereocenters. The van der Waals surface area contributed by atoms with Gasteiger partial charge in [0.1, 0.15) is 0 Å². The minimum absolute atomic E-state index is 0.340. The van der Waals surface area contributed by atoms with Crippen molar-refractivity contribution in [1.29, 1.82) is 0 Å². The fourth-order valence-corrected chi connectivity index (χ4v) is 10.6. The van der Waals surface area contributed by atoms with E-state index in [9.17, 15) is 0 Å². The molecule has 164 valence electrons. The minimum Gasteiger partial charge on any atom is -0.377 e. The van der Waals surface area contributed by atoms with Crippen molar-refractivity contribution in [1.82, 2.24) is 0 Å². The number of thioether (sulfide) groups is 1. The van der Waals surface area contributed by atoms with Crippen molar-refractivity contribution in [3.8, 4) is 0 Å². The summed E-state index contributed by atoms with van der Waals surface area (Å²) in [4.78, 5) is 0. The van der Waals surface area contributed by atoms with E-state index in [0.29, 0.717) is 11.1 Å². The minimum atomic E-state index is -2.58. The van der Waals surface area contributed by atoms with Crippen molar-refractivity contribution >= 4 is 29.4 Å². The highest BCUT2D eigenvalue weighted by atomic mass is 32.2. The number of hydrogen-bond donors (Lipinski definition) is 0. The Labute approximate surface area is 173 Å². The third kappa shape index (κ3) is 8.06. The third-order valence-electron chi connectivity index (χ3n) is 5.20. The molecule has 9 heteroatoms. The molecule has 0 aliphatic heterocycles. The zero-order valence-electron chi connectivity index (χ0n) is 18.7. The second-order valence-electron chi connectivity index (χ2n) is 6.59. The summed E-state index contributed by atoms with van der Waals surface area (Å²) in [7, 11) is 5.07. The Kier molecular flexibility index (Phi) is 15.7. The summed E-state index contributed by atoms with van der Waals surface area (Å²) in [5.74, 6) is 2.13. The molecule has 0 aromatic carbocycles. The average molecular weight is 443 g/mol. The van der Waals surface area contributed by atoms with Crippen LogP contribution >= 0.6 is 11.8 Å². The van der Waals surface area contributed by atoms with Crippen LogP contribution in [0.25, 0.3) is 0 Å². The molecular weight excluding hydrogens is 400 g/mol. The van der Waals surface area contributed by atoms with Gasteiger partial charge in [-0.1, -0.05) is 26.7 Å². The van der Waals surface area contributed by atoms with E-state index in [-0.39, 0.29) is 0 Å². The Morgan fingerprint density at radius 1 is 0.556 bits per heavy atom. The Morgan fingerprint density at radius 2 is 0.852 bits per heavy atom. The van der Waals surface area contributed by atoms with E-state index in [2.05, 4.69) is 13.8 Å². The molecule has 0 saturated heterocycles. The van der Waals surface area contributed by atoms with Crippen LogP contribution in [0.1, 0.15) is 52.4 Å². The summed E-state index contributed by atoms with van der Waals surface area (Å²) in [5.41, 5.74) is 0.679. The normalized spacial score (nSPS) is 15.1. The van der Waals surface area contributed by atoms with Crippen LogP contribution in [0.3, 0.4) is 0 Å². The first kappa shape index (κ1) is 27.5. The molecule has 2 atom stereocenters. The van der Waals surface area contributed by atoms with Gasteiger partial charge in [-0.05, 0) is 37.2 Å². The van der Waals surface area contributed by atoms with Gasteiger partial charge in [0, 0.05) is 53.7 Å². The first-order valence-corrected chi connectivity index (χ1v) is 14.6. The molecule has 0 bridgehead atoms. The Morgan fingerprint density at radius 3 is 1.07 bits per heavy atom.